The molecule has 158 valence electrons. The fourth-order valence-corrected chi connectivity index (χ4v) is 6.33. The number of anilines is 2. The van der Waals surface area contributed by atoms with Crippen molar-refractivity contribution >= 4 is 40.7 Å². The number of amides is 3. The van der Waals surface area contributed by atoms with E-state index in [0.29, 0.717) is 34.3 Å². The average Bonchev–Trinajstić information content (AvgIpc) is 3.47. The number of methoxy groups -OCH3 is 1. The van der Waals surface area contributed by atoms with Crippen LogP contribution in [0.2, 0.25) is 5.02 Å². The fourth-order valence-electron chi connectivity index (χ4n) is 6.16. The molecule has 3 amide bonds. The molecule has 4 aliphatic rings. The third-order valence-electron chi connectivity index (χ3n) is 7.29. The first-order valence-electron chi connectivity index (χ1n) is 10.4. The first-order chi connectivity index (χ1) is 15.0. The minimum atomic E-state index is -1.21. The van der Waals surface area contributed by atoms with E-state index in [1.807, 2.05) is 0 Å². The van der Waals surface area contributed by atoms with Crippen LogP contribution in [0.3, 0.4) is 0 Å². The van der Waals surface area contributed by atoms with Crippen LogP contribution in [0, 0.1) is 11.8 Å². The van der Waals surface area contributed by atoms with Crippen molar-refractivity contribution in [2.24, 2.45) is 11.8 Å². The molecule has 0 bridgehead atoms. The molecule has 3 saturated heterocycles. The molecule has 0 saturated carbocycles. The normalized spacial score (nSPS) is 31.2. The van der Waals surface area contributed by atoms with Crippen LogP contribution < -0.4 is 15.0 Å². The van der Waals surface area contributed by atoms with E-state index in [1.54, 1.807) is 49.6 Å². The van der Waals surface area contributed by atoms with Gasteiger partial charge in [0.05, 0.1) is 24.6 Å². The summed E-state index contributed by atoms with van der Waals surface area (Å²) in [6.07, 6.45) is 1.66. The van der Waals surface area contributed by atoms with Gasteiger partial charge in [0, 0.05) is 22.3 Å². The smallest absolute Gasteiger partial charge is 0.250 e. The number of rotatable bonds is 2. The Labute approximate surface area is 183 Å². The Hall–Kier alpha value is -2.90. The van der Waals surface area contributed by atoms with Gasteiger partial charge in [-0.1, -0.05) is 11.6 Å². The number of imide groups is 1. The molecular formula is C23H20ClN3O4. The van der Waals surface area contributed by atoms with E-state index >= 15 is 0 Å². The minimum Gasteiger partial charge on any atom is -0.497 e. The van der Waals surface area contributed by atoms with E-state index in [4.69, 9.17) is 16.3 Å². The molecule has 2 aromatic carbocycles. The lowest BCUT2D eigenvalue weighted by atomic mass is 9.75. The first kappa shape index (κ1) is 18.8. The van der Waals surface area contributed by atoms with Gasteiger partial charge in [0.15, 0.2) is 0 Å². The summed E-state index contributed by atoms with van der Waals surface area (Å²) in [6.45, 7) is 0.667. The largest absolute Gasteiger partial charge is 0.497 e. The molecule has 6 rings (SSSR count). The maximum atomic E-state index is 13.8. The second-order valence-electron chi connectivity index (χ2n) is 8.53. The lowest BCUT2D eigenvalue weighted by Crippen LogP contribution is -2.54. The lowest BCUT2D eigenvalue weighted by molar-refractivity contribution is -0.135. The summed E-state index contributed by atoms with van der Waals surface area (Å²) in [4.78, 5) is 44.3. The van der Waals surface area contributed by atoms with Gasteiger partial charge in [-0.15, -0.1) is 0 Å². The summed E-state index contributed by atoms with van der Waals surface area (Å²) in [5.74, 6) is -1.53. The van der Waals surface area contributed by atoms with Crippen LogP contribution in [0.4, 0.5) is 11.4 Å². The van der Waals surface area contributed by atoms with Crippen molar-refractivity contribution in [3.63, 3.8) is 0 Å². The molecule has 1 spiro atoms. The van der Waals surface area contributed by atoms with Crippen LogP contribution in [0.5, 0.6) is 5.75 Å². The van der Waals surface area contributed by atoms with Gasteiger partial charge < -0.3 is 10.1 Å². The highest BCUT2D eigenvalue weighted by atomic mass is 35.5. The summed E-state index contributed by atoms with van der Waals surface area (Å²) >= 11 is 6.30. The van der Waals surface area contributed by atoms with Crippen molar-refractivity contribution in [1.29, 1.82) is 0 Å². The average molecular weight is 438 g/mol. The number of halogens is 1. The van der Waals surface area contributed by atoms with Gasteiger partial charge in [-0.2, -0.15) is 0 Å². The fraction of sp³-hybridized carbons (Fsp3) is 0.348. The molecular weight excluding hydrogens is 418 g/mol. The summed E-state index contributed by atoms with van der Waals surface area (Å²) in [5, 5.41) is 3.45. The van der Waals surface area contributed by atoms with Gasteiger partial charge in [0.25, 0.3) is 0 Å². The molecule has 7 nitrogen and oxygen atoms in total. The van der Waals surface area contributed by atoms with E-state index in [1.165, 1.54) is 4.90 Å². The van der Waals surface area contributed by atoms with Gasteiger partial charge in [0.1, 0.15) is 11.3 Å². The van der Waals surface area contributed by atoms with Crippen LogP contribution >= 0.6 is 11.6 Å². The molecule has 4 aliphatic heterocycles. The quantitative estimate of drug-likeness (QED) is 0.731. The Morgan fingerprint density at radius 2 is 1.87 bits per heavy atom. The van der Waals surface area contributed by atoms with Crippen LogP contribution in [0.1, 0.15) is 18.4 Å². The van der Waals surface area contributed by atoms with E-state index in [9.17, 15) is 14.4 Å². The van der Waals surface area contributed by atoms with Gasteiger partial charge >= 0.3 is 0 Å². The minimum absolute atomic E-state index is 0.152. The van der Waals surface area contributed by atoms with Crippen molar-refractivity contribution in [3.05, 3.63) is 53.1 Å². The number of benzene rings is 2. The van der Waals surface area contributed by atoms with E-state index < -0.39 is 17.4 Å². The summed E-state index contributed by atoms with van der Waals surface area (Å²) in [5.41, 5.74) is 0.639. The van der Waals surface area contributed by atoms with Crippen molar-refractivity contribution in [2.75, 3.05) is 23.9 Å². The van der Waals surface area contributed by atoms with Crippen molar-refractivity contribution < 1.29 is 19.1 Å². The molecule has 4 atom stereocenters. The topological polar surface area (TPSA) is 79.0 Å². The monoisotopic (exact) mass is 437 g/mol. The van der Waals surface area contributed by atoms with Gasteiger partial charge in [-0.05, 0) is 61.9 Å². The highest BCUT2D eigenvalue weighted by Crippen LogP contribution is 2.60. The second kappa shape index (κ2) is 6.31. The van der Waals surface area contributed by atoms with Crippen LogP contribution in [-0.4, -0.2) is 42.3 Å². The molecule has 4 heterocycles. The number of ether oxygens (including phenoxy) is 1. The lowest BCUT2D eigenvalue weighted by Gasteiger charge is -2.36. The number of carbonyl (C=O) groups excluding carboxylic acids is 3. The van der Waals surface area contributed by atoms with Crippen molar-refractivity contribution in [1.82, 2.24) is 4.90 Å². The highest BCUT2D eigenvalue weighted by molar-refractivity contribution is 6.31. The van der Waals surface area contributed by atoms with Crippen molar-refractivity contribution in [3.8, 4) is 5.75 Å². The Morgan fingerprint density at radius 1 is 1.10 bits per heavy atom. The predicted octanol–water partition coefficient (Wildman–Crippen LogP) is 2.78. The molecule has 2 aromatic rings. The zero-order valence-electron chi connectivity index (χ0n) is 16.8. The summed E-state index contributed by atoms with van der Waals surface area (Å²) in [6, 6.07) is 11.9. The predicted molar refractivity (Wildman–Crippen MR) is 114 cm³/mol. The Kier molecular flexibility index (Phi) is 3.83. The SMILES string of the molecule is COc1ccc(N2C(=O)[C@@H]3[C@H]4CCCN4[C@@]4(C(=O)Nc5ccc(Cl)cc54)[C@@H]3C2=O)cc1. The van der Waals surface area contributed by atoms with E-state index in [0.717, 1.165) is 12.8 Å². The maximum absolute atomic E-state index is 13.8. The van der Waals surface area contributed by atoms with E-state index in [-0.39, 0.29) is 23.8 Å². The molecule has 0 aliphatic carbocycles. The molecule has 0 radical (unpaired) electrons. The van der Waals surface area contributed by atoms with Crippen LogP contribution in [0.15, 0.2) is 42.5 Å². The number of nitrogens with one attached hydrogen (secondary N) is 1. The first-order valence-corrected chi connectivity index (χ1v) is 10.8. The maximum Gasteiger partial charge on any atom is 0.250 e. The van der Waals surface area contributed by atoms with E-state index in [2.05, 4.69) is 10.2 Å². The molecule has 0 unspecified atom stereocenters. The Balaban J connectivity index is 1.53. The number of carbonyl (C=O) groups is 3. The van der Waals surface area contributed by atoms with Gasteiger partial charge in [0.2, 0.25) is 17.7 Å². The number of hydrogen-bond acceptors (Lipinski definition) is 5. The molecule has 0 aromatic heterocycles. The van der Waals surface area contributed by atoms with Crippen LogP contribution in [-0.2, 0) is 19.9 Å². The Morgan fingerprint density at radius 3 is 2.61 bits per heavy atom. The number of nitrogens with zero attached hydrogens (tertiary/aromatic N) is 2. The third-order valence-corrected chi connectivity index (χ3v) is 7.52. The molecule has 31 heavy (non-hydrogen) atoms. The zero-order chi connectivity index (χ0) is 21.5. The van der Waals surface area contributed by atoms with Gasteiger partial charge in [-0.3, -0.25) is 19.3 Å². The second-order valence-corrected chi connectivity index (χ2v) is 8.96. The zero-order valence-corrected chi connectivity index (χ0v) is 17.6. The van der Waals surface area contributed by atoms with Crippen molar-refractivity contribution in [2.45, 2.75) is 24.4 Å². The summed E-state index contributed by atoms with van der Waals surface area (Å²) in [7, 11) is 1.56. The number of fused-ring (bicyclic) bond motifs is 7. The van der Waals surface area contributed by atoms with Gasteiger partial charge in [-0.25, -0.2) is 4.90 Å². The number of hydrogen-bond donors (Lipinski definition) is 1. The third kappa shape index (κ3) is 2.20. The summed E-state index contributed by atoms with van der Waals surface area (Å²) < 4.78 is 5.20. The Bertz CT molecular complexity index is 1150. The standard InChI is InChI=1S/C23H20ClN3O4/c1-31-14-7-5-13(6-8-14)27-20(28)18-17-3-2-10-26(17)23(19(18)21(27)29)15-11-12(24)4-9-16(15)25-22(23)30/h4-9,11,17-19H,2-3,10H2,1H3,(H,25,30)/t17-,18-,19+,23-/m1/s1. The molecule has 1 N–H and O–H groups in total. The van der Waals surface area contributed by atoms with Crippen LogP contribution in [0.25, 0.3) is 0 Å². The highest BCUT2D eigenvalue weighted by Gasteiger charge is 2.74. The molecule has 8 heteroatoms. The molecule has 3 fully saturated rings.